The van der Waals surface area contributed by atoms with E-state index in [2.05, 4.69) is 20.4 Å². The Morgan fingerprint density at radius 3 is 2.46 bits per heavy atom. The van der Waals surface area contributed by atoms with Crippen LogP contribution in [0.2, 0.25) is 10.0 Å². The third-order valence-corrected chi connectivity index (χ3v) is 9.24. The number of aryl methyl sites for hydroxylation is 1. The first kappa shape index (κ1) is 33.8. The summed E-state index contributed by atoms with van der Waals surface area (Å²) in [7, 11) is 0. The topological polar surface area (TPSA) is 120 Å². The molecule has 1 spiro atoms. The molecule has 2 aliphatic rings. The molecule has 254 valence electrons. The van der Waals surface area contributed by atoms with E-state index < -0.39 is 12.3 Å². The predicted molar refractivity (Wildman–Crippen MR) is 177 cm³/mol. The van der Waals surface area contributed by atoms with Gasteiger partial charge in [-0.1, -0.05) is 35.3 Å². The van der Waals surface area contributed by atoms with E-state index in [1.165, 1.54) is 16.8 Å². The van der Waals surface area contributed by atoms with Crippen LogP contribution in [0, 0.1) is 12.3 Å². The molecule has 0 radical (unpaired) electrons. The van der Waals surface area contributed by atoms with E-state index in [0.717, 1.165) is 12.8 Å². The molecule has 2 fully saturated rings. The highest BCUT2D eigenvalue weighted by Crippen LogP contribution is 2.43. The van der Waals surface area contributed by atoms with Crippen molar-refractivity contribution in [2.75, 3.05) is 36.9 Å². The van der Waals surface area contributed by atoms with Gasteiger partial charge in [0.2, 0.25) is 17.9 Å². The first-order chi connectivity index (χ1) is 22.8. The van der Waals surface area contributed by atoms with Crippen LogP contribution in [-0.4, -0.2) is 64.2 Å². The van der Waals surface area contributed by atoms with Crippen LogP contribution in [0.1, 0.15) is 43.5 Å². The number of ether oxygens (including phenoxy) is 2. The van der Waals surface area contributed by atoms with Gasteiger partial charge in [-0.25, -0.2) is 4.68 Å². The van der Waals surface area contributed by atoms with E-state index in [1.807, 2.05) is 4.90 Å². The Bertz CT molecular complexity index is 1790. The second-order valence-corrected chi connectivity index (χ2v) is 13.0. The fourth-order valence-corrected chi connectivity index (χ4v) is 6.94. The number of alkyl halides is 3. The molecule has 0 unspecified atom stereocenters. The summed E-state index contributed by atoms with van der Waals surface area (Å²) >= 11 is 12.4. The van der Waals surface area contributed by atoms with Gasteiger partial charge in [0.15, 0.2) is 0 Å². The zero-order valence-corrected chi connectivity index (χ0v) is 27.7. The number of esters is 1. The van der Waals surface area contributed by atoms with E-state index >= 15 is 0 Å². The van der Waals surface area contributed by atoms with Crippen LogP contribution >= 0.6 is 23.2 Å². The van der Waals surface area contributed by atoms with Gasteiger partial charge in [-0.3, -0.25) is 4.79 Å². The van der Waals surface area contributed by atoms with Crippen molar-refractivity contribution >= 4 is 40.9 Å². The molecular weight excluding hydrogens is 670 g/mol. The number of halogens is 5. The van der Waals surface area contributed by atoms with Crippen molar-refractivity contribution < 1.29 is 27.4 Å². The van der Waals surface area contributed by atoms with E-state index in [9.17, 15) is 18.0 Å². The number of hydrogen-bond donors (Lipinski definition) is 2. The molecule has 6 rings (SSSR count). The van der Waals surface area contributed by atoms with Crippen molar-refractivity contribution in [3.63, 3.8) is 0 Å². The zero-order chi connectivity index (χ0) is 34.2. The van der Waals surface area contributed by atoms with Crippen molar-refractivity contribution in [2.45, 2.75) is 51.4 Å². The molecule has 2 aromatic heterocycles. The maximum Gasteiger partial charge on any atom is 0.429 e. The Kier molecular flexibility index (Phi) is 9.47. The summed E-state index contributed by atoms with van der Waals surface area (Å²) in [5.41, 5.74) is 7.69. The Morgan fingerprint density at radius 2 is 1.81 bits per heavy atom. The summed E-state index contributed by atoms with van der Waals surface area (Å²) in [6, 6.07) is 12.1. The lowest BCUT2D eigenvalue weighted by Gasteiger charge is -2.39. The van der Waals surface area contributed by atoms with Gasteiger partial charge in [0.25, 0.3) is 0 Å². The summed E-state index contributed by atoms with van der Waals surface area (Å²) < 4.78 is 56.8. The number of anilines is 2. The van der Waals surface area contributed by atoms with Crippen molar-refractivity contribution in [2.24, 2.45) is 5.41 Å². The molecule has 2 aliphatic heterocycles. The molecule has 0 amide bonds. The van der Waals surface area contributed by atoms with Gasteiger partial charge in [-0.15, -0.1) is 0 Å². The minimum absolute atomic E-state index is 0.0863. The lowest BCUT2D eigenvalue weighted by molar-refractivity contribution is -0.198. The van der Waals surface area contributed by atoms with Crippen molar-refractivity contribution in [1.82, 2.24) is 25.1 Å². The summed E-state index contributed by atoms with van der Waals surface area (Å²) in [5, 5.41) is 8.43. The summed E-state index contributed by atoms with van der Waals surface area (Å²) in [4.78, 5) is 22.5. The molecule has 3 N–H and O–H groups in total. The first-order valence-electron chi connectivity index (χ1n) is 15.5. The van der Waals surface area contributed by atoms with Crippen LogP contribution in [-0.2, 0) is 9.53 Å². The fraction of sp³-hybridized carbons (Fsp3) is 0.394. The van der Waals surface area contributed by atoms with E-state index in [0.29, 0.717) is 65.3 Å². The third kappa shape index (κ3) is 7.32. The molecule has 0 saturated carbocycles. The largest absolute Gasteiger partial charge is 0.465 e. The molecule has 48 heavy (non-hydrogen) atoms. The molecule has 2 saturated heterocycles. The monoisotopic (exact) mass is 703 g/mol. The number of nitrogens with one attached hydrogen (secondary N) is 1. The second-order valence-electron chi connectivity index (χ2n) is 12.2. The van der Waals surface area contributed by atoms with Gasteiger partial charge >= 0.3 is 12.1 Å². The van der Waals surface area contributed by atoms with Gasteiger partial charge < -0.3 is 25.4 Å². The van der Waals surface area contributed by atoms with Gasteiger partial charge in [0.1, 0.15) is 11.9 Å². The molecule has 10 nitrogen and oxygen atoms in total. The Hall–Kier alpha value is -4.07. The highest BCUT2D eigenvalue weighted by Gasteiger charge is 2.46. The predicted octanol–water partition coefficient (Wildman–Crippen LogP) is 6.72. The average molecular weight is 705 g/mol. The van der Waals surface area contributed by atoms with E-state index in [4.69, 9.17) is 38.4 Å². The van der Waals surface area contributed by atoms with Gasteiger partial charge in [0, 0.05) is 47.5 Å². The third-order valence-electron chi connectivity index (χ3n) is 8.80. The fourth-order valence-electron chi connectivity index (χ4n) is 6.41. The van der Waals surface area contributed by atoms with Crippen molar-refractivity contribution in [3.8, 4) is 22.7 Å². The number of benzene rings is 2. The quantitative estimate of drug-likeness (QED) is 0.193. The first-order valence-corrected chi connectivity index (χ1v) is 16.2. The highest BCUT2D eigenvalue weighted by molar-refractivity contribution is 6.35. The SMILES string of the molecule is CCOC(=O)[C@@H]1CC2(CCN(c3cc(O[C@H](c4ccc(-c5cc(Cl)cc(Cl)c5)cc4-n4ccc(C)n4)C(F)(F)F)nc(N)n3)CC2)CN1. The molecule has 4 heterocycles. The summed E-state index contributed by atoms with van der Waals surface area (Å²) in [6.45, 7) is 5.64. The second kappa shape index (κ2) is 13.4. The minimum Gasteiger partial charge on any atom is -0.465 e. The number of carbonyl (C=O) groups is 1. The Labute approximate surface area is 285 Å². The van der Waals surface area contributed by atoms with Crippen LogP contribution in [0.3, 0.4) is 0 Å². The van der Waals surface area contributed by atoms with Crippen LogP contribution in [0.4, 0.5) is 24.9 Å². The van der Waals surface area contributed by atoms with E-state index in [1.54, 1.807) is 56.4 Å². The lowest BCUT2D eigenvalue weighted by Crippen LogP contribution is -2.41. The number of hydrogen-bond acceptors (Lipinski definition) is 9. The maximum atomic E-state index is 14.9. The summed E-state index contributed by atoms with van der Waals surface area (Å²) in [6.07, 6.45) is -3.54. The van der Waals surface area contributed by atoms with Gasteiger partial charge in [-0.05, 0) is 80.0 Å². The van der Waals surface area contributed by atoms with E-state index in [-0.39, 0.29) is 40.5 Å². The number of rotatable bonds is 8. The molecule has 0 bridgehead atoms. The molecule has 0 aliphatic carbocycles. The lowest BCUT2D eigenvalue weighted by atomic mass is 9.76. The van der Waals surface area contributed by atoms with Crippen LogP contribution in [0.15, 0.2) is 54.7 Å². The Morgan fingerprint density at radius 1 is 1.08 bits per heavy atom. The molecule has 2 aromatic carbocycles. The van der Waals surface area contributed by atoms with Gasteiger partial charge in [0.05, 0.1) is 18.0 Å². The number of nitrogens with two attached hydrogens (primary N) is 1. The molecule has 2 atom stereocenters. The number of nitrogens with zero attached hydrogens (tertiary/aromatic N) is 5. The molecule has 4 aromatic rings. The van der Waals surface area contributed by atoms with Crippen LogP contribution in [0.5, 0.6) is 5.88 Å². The smallest absolute Gasteiger partial charge is 0.429 e. The summed E-state index contributed by atoms with van der Waals surface area (Å²) in [5.74, 6) is -0.434. The average Bonchev–Trinajstić information content (AvgIpc) is 3.65. The zero-order valence-electron chi connectivity index (χ0n) is 26.2. The number of piperidine rings is 1. The highest BCUT2D eigenvalue weighted by atomic mass is 35.5. The Balaban J connectivity index is 1.28. The molecular formula is C33H34Cl2F3N7O3. The van der Waals surface area contributed by atoms with Crippen molar-refractivity contribution in [3.05, 3.63) is 76.0 Å². The van der Waals surface area contributed by atoms with Gasteiger partial charge in [-0.2, -0.15) is 28.2 Å². The number of nitrogen functional groups attached to an aromatic ring is 1. The van der Waals surface area contributed by atoms with Crippen molar-refractivity contribution in [1.29, 1.82) is 0 Å². The number of aromatic nitrogens is 4. The standard InChI is InChI=1S/C33H34Cl2F3N7O3/c1-3-47-30(46)25-17-32(18-40-25)7-10-44(11-8-32)27-16-28(42-31(39)41-27)48-29(33(36,37)38)24-5-4-20(21-12-22(34)15-23(35)13-21)14-26(24)45-9-6-19(2)43-45/h4-6,9,12-16,25,29,40H,3,7-8,10-11,17-18H2,1-2H3,(H2,39,41,42)/t25-,29+/m0/s1. The molecule has 15 heteroatoms. The number of carbonyl (C=O) groups excluding carboxylic acids is 1. The van der Waals surface area contributed by atoms with Crippen LogP contribution in [0.25, 0.3) is 16.8 Å². The maximum absolute atomic E-state index is 14.9. The minimum atomic E-state index is -4.85. The van der Waals surface area contributed by atoms with Crippen LogP contribution < -0.4 is 20.7 Å². The normalized spacial score (nSPS) is 18.2.